The van der Waals surface area contributed by atoms with E-state index in [4.69, 9.17) is 4.42 Å². The summed E-state index contributed by atoms with van der Waals surface area (Å²) in [6.07, 6.45) is 3.64. The molecule has 114 valence electrons. The highest BCUT2D eigenvalue weighted by molar-refractivity contribution is 7.99. The molecule has 0 radical (unpaired) electrons. The van der Waals surface area contributed by atoms with Crippen molar-refractivity contribution in [3.8, 4) is 0 Å². The molecule has 0 saturated carbocycles. The predicted octanol–water partition coefficient (Wildman–Crippen LogP) is 4.76. The fourth-order valence-electron chi connectivity index (χ4n) is 3.08. The maximum atomic E-state index is 13.8. The van der Waals surface area contributed by atoms with Crippen LogP contribution in [0, 0.1) is 11.7 Å². The molecule has 0 spiro atoms. The average Bonchev–Trinajstić information content (AvgIpc) is 2.93. The second-order valence-electron chi connectivity index (χ2n) is 5.71. The summed E-state index contributed by atoms with van der Waals surface area (Å²) in [5.74, 6) is 3.86. The summed E-state index contributed by atoms with van der Waals surface area (Å²) in [6.45, 7) is 3.00. The highest BCUT2D eigenvalue weighted by Crippen LogP contribution is 2.33. The number of halogens is 1. The van der Waals surface area contributed by atoms with Gasteiger partial charge in [0.1, 0.15) is 5.76 Å². The fraction of sp³-hybridized carbons (Fsp3) is 0.529. The van der Waals surface area contributed by atoms with Crippen LogP contribution in [0.4, 0.5) is 4.39 Å². The molecule has 1 unspecified atom stereocenters. The van der Waals surface area contributed by atoms with Gasteiger partial charge in [-0.2, -0.15) is 11.8 Å². The zero-order valence-electron chi connectivity index (χ0n) is 12.4. The van der Waals surface area contributed by atoms with Crippen LogP contribution in [0.2, 0.25) is 0 Å². The lowest BCUT2D eigenvalue weighted by Crippen LogP contribution is -2.24. The van der Waals surface area contributed by atoms with E-state index >= 15 is 0 Å². The van der Waals surface area contributed by atoms with Gasteiger partial charge in [-0.15, -0.1) is 0 Å². The molecule has 1 aromatic carbocycles. The number of nitrogens with one attached hydrogen (secondary N) is 1. The minimum Gasteiger partial charge on any atom is -0.456 e. The number of benzene rings is 1. The van der Waals surface area contributed by atoms with E-state index in [9.17, 15) is 4.39 Å². The molecule has 1 N–H and O–H groups in total. The summed E-state index contributed by atoms with van der Waals surface area (Å²) in [4.78, 5) is 0. The maximum absolute atomic E-state index is 13.8. The molecule has 1 aliphatic heterocycles. The highest BCUT2D eigenvalue weighted by atomic mass is 32.2. The van der Waals surface area contributed by atoms with E-state index in [0.717, 1.165) is 30.0 Å². The minimum absolute atomic E-state index is 0.190. The van der Waals surface area contributed by atoms with Crippen LogP contribution < -0.4 is 5.32 Å². The molecule has 0 bridgehead atoms. The highest BCUT2D eigenvalue weighted by Gasteiger charge is 2.23. The Bertz CT molecular complexity index is 591. The van der Waals surface area contributed by atoms with Gasteiger partial charge in [-0.25, -0.2) is 4.39 Å². The molecular formula is C17H22FNOS. The van der Waals surface area contributed by atoms with Crippen LogP contribution in [0.1, 0.15) is 38.0 Å². The van der Waals surface area contributed by atoms with Gasteiger partial charge in [0, 0.05) is 5.39 Å². The van der Waals surface area contributed by atoms with Crippen LogP contribution in [0.3, 0.4) is 0 Å². The quantitative estimate of drug-likeness (QED) is 0.862. The Morgan fingerprint density at radius 1 is 1.38 bits per heavy atom. The number of rotatable bonds is 5. The van der Waals surface area contributed by atoms with Gasteiger partial charge in [-0.3, -0.25) is 0 Å². The van der Waals surface area contributed by atoms with Crippen molar-refractivity contribution in [1.29, 1.82) is 0 Å². The van der Waals surface area contributed by atoms with Crippen LogP contribution in [-0.2, 0) is 0 Å². The fourth-order valence-corrected chi connectivity index (χ4v) is 4.29. The second-order valence-corrected chi connectivity index (χ2v) is 6.93. The number of hydrogen-bond donors (Lipinski definition) is 1. The lowest BCUT2D eigenvalue weighted by Gasteiger charge is -2.25. The van der Waals surface area contributed by atoms with Crippen molar-refractivity contribution in [1.82, 2.24) is 5.32 Å². The molecular weight excluding hydrogens is 285 g/mol. The van der Waals surface area contributed by atoms with Crippen LogP contribution in [0.5, 0.6) is 0 Å². The van der Waals surface area contributed by atoms with Gasteiger partial charge in [0.25, 0.3) is 0 Å². The van der Waals surface area contributed by atoms with Crippen molar-refractivity contribution in [2.75, 3.05) is 18.1 Å². The smallest absolute Gasteiger partial charge is 0.169 e. The summed E-state index contributed by atoms with van der Waals surface area (Å²) < 4.78 is 19.6. The normalized spacial score (nSPS) is 18.2. The topological polar surface area (TPSA) is 25.2 Å². The molecule has 1 aromatic heterocycles. The zero-order valence-corrected chi connectivity index (χ0v) is 13.2. The van der Waals surface area contributed by atoms with E-state index < -0.39 is 0 Å². The third-order valence-corrected chi connectivity index (χ3v) is 5.27. The molecule has 2 aromatic rings. The van der Waals surface area contributed by atoms with E-state index in [2.05, 4.69) is 12.2 Å². The first-order chi connectivity index (χ1) is 10.3. The van der Waals surface area contributed by atoms with Crippen LogP contribution in [-0.4, -0.2) is 18.1 Å². The number of para-hydroxylation sites is 1. The molecule has 21 heavy (non-hydrogen) atoms. The summed E-state index contributed by atoms with van der Waals surface area (Å²) in [5, 5.41) is 4.36. The first kappa shape index (κ1) is 14.9. The van der Waals surface area contributed by atoms with E-state index in [1.54, 1.807) is 6.07 Å². The molecule has 1 aliphatic rings. The van der Waals surface area contributed by atoms with Crippen molar-refractivity contribution >= 4 is 22.7 Å². The predicted molar refractivity (Wildman–Crippen MR) is 87.3 cm³/mol. The van der Waals surface area contributed by atoms with Crippen LogP contribution >= 0.6 is 11.8 Å². The second kappa shape index (κ2) is 6.84. The van der Waals surface area contributed by atoms with Crippen molar-refractivity contribution < 1.29 is 8.81 Å². The Hall–Kier alpha value is -1.00. The van der Waals surface area contributed by atoms with Gasteiger partial charge in [0.15, 0.2) is 11.4 Å². The van der Waals surface area contributed by atoms with Gasteiger partial charge < -0.3 is 9.73 Å². The van der Waals surface area contributed by atoms with Gasteiger partial charge in [0.2, 0.25) is 0 Å². The molecule has 1 fully saturated rings. The standard InChI is InChI=1S/C17H22FNOS/c1-2-19-15(10-12-6-8-21-9-7-12)16-11-13-4-3-5-14(18)17(13)20-16/h3-5,11-12,15,19H,2,6-10H2,1H3. The van der Waals surface area contributed by atoms with Gasteiger partial charge >= 0.3 is 0 Å². The van der Waals surface area contributed by atoms with E-state index in [1.165, 1.54) is 30.4 Å². The van der Waals surface area contributed by atoms with E-state index in [0.29, 0.717) is 5.58 Å². The number of furan rings is 1. The number of hydrogen-bond acceptors (Lipinski definition) is 3. The Kier molecular flexibility index (Phi) is 4.86. The summed E-state index contributed by atoms with van der Waals surface area (Å²) in [6, 6.07) is 7.28. The van der Waals surface area contributed by atoms with Crippen LogP contribution in [0.15, 0.2) is 28.7 Å². The molecule has 0 aliphatic carbocycles. The van der Waals surface area contributed by atoms with Gasteiger partial charge in [-0.05, 0) is 55.4 Å². The lowest BCUT2D eigenvalue weighted by molar-refractivity contribution is 0.336. The largest absolute Gasteiger partial charge is 0.456 e. The van der Waals surface area contributed by atoms with Crippen molar-refractivity contribution in [2.45, 2.75) is 32.2 Å². The molecule has 1 atom stereocenters. The minimum atomic E-state index is -0.275. The van der Waals surface area contributed by atoms with Crippen molar-refractivity contribution in [3.63, 3.8) is 0 Å². The van der Waals surface area contributed by atoms with Crippen molar-refractivity contribution in [3.05, 3.63) is 35.8 Å². The van der Waals surface area contributed by atoms with Crippen LogP contribution in [0.25, 0.3) is 11.0 Å². The lowest BCUT2D eigenvalue weighted by atomic mass is 9.93. The third kappa shape index (κ3) is 3.43. The molecule has 3 rings (SSSR count). The summed E-state index contributed by atoms with van der Waals surface area (Å²) in [7, 11) is 0. The number of fused-ring (bicyclic) bond motifs is 1. The first-order valence-corrected chi connectivity index (χ1v) is 8.92. The average molecular weight is 307 g/mol. The molecule has 4 heteroatoms. The molecule has 2 nitrogen and oxygen atoms in total. The monoisotopic (exact) mass is 307 g/mol. The number of thioether (sulfide) groups is 1. The van der Waals surface area contributed by atoms with Crippen molar-refractivity contribution in [2.24, 2.45) is 5.92 Å². The zero-order chi connectivity index (χ0) is 14.7. The van der Waals surface area contributed by atoms with E-state index in [-0.39, 0.29) is 11.9 Å². The first-order valence-electron chi connectivity index (χ1n) is 7.77. The Labute approximate surface area is 129 Å². The van der Waals surface area contributed by atoms with E-state index in [1.807, 2.05) is 23.9 Å². The Morgan fingerprint density at radius 2 is 2.19 bits per heavy atom. The summed E-state index contributed by atoms with van der Waals surface area (Å²) in [5.41, 5.74) is 0.384. The Balaban J connectivity index is 1.82. The Morgan fingerprint density at radius 3 is 2.90 bits per heavy atom. The maximum Gasteiger partial charge on any atom is 0.169 e. The molecule has 0 amide bonds. The SMILES string of the molecule is CCNC(CC1CCSCC1)c1cc2cccc(F)c2o1. The molecule has 2 heterocycles. The summed E-state index contributed by atoms with van der Waals surface area (Å²) >= 11 is 2.05. The van der Waals surface area contributed by atoms with Gasteiger partial charge in [0.05, 0.1) is 6.04 Å². The third-order valence-electron chi connectivity index (χ3n) is 4.22. The molecule has 1 saturated heterocycles. The van der Waals surface area contributed by atoms with Gasteiger partial charge in [-0.1, -0.05) is 19.1 Å².